The average molecular weight is 244 g/mol. The van der Waals surface area contributed by atoms with E-state index in [0.717, 1.165) is 0 Å². The summed E-state index contributed by atoms with van der Waals surface area (Å²) < 4.78 is 4.65. The molecule has 0 aliphatic heterocycles. The molecule has 0 aromatic rings. The van der Waals surface area contributed by atoms with Gasteiger partial charge < -0.3 is 14.5 Å². The second-order valence-corrected chi connectivity index (χ2v) is 4.01. The van der Waals surface area contributed by atoms with Crippen molar-refractivity contribution in [3.05, 3.63) is 0 Å². The monoisotopic (exact) mass is 244 g/mol. The van der Waals surface area contributed by atoms with Crippen LogP contribution in [0.5, 0.6) is 0 Å². The third-order valence-electron chi connectivity index (χ3n) is 2.24. The Hall–Kier alpha value is -1.79. The quantitative estimate of drug-likeness (QED) is 0.552. The van der Waals surface area contributed by atoms with E-state index in [9.17, 15) is 9.59 Å². The molecule has 17 heavy (non-hydrogen) atoms. The molecule has 1 N–H and O–H groups in total. The largest absolute Gasteiger partial charge is 0.468 e. The number of ether oxygens (including phenoxy) is 1. The molecule has 0 aromatic heterocycles. The summed E-state index contributed by atoms with van der Waals surface area (Å²) in [4.78, 5) is 27.1. The number of imide groups is 1. The maximum atomic E-state index is 12.0. The van der Waals surface area contributed by atoms with Crippen LogP contribution in [0.25, 0.3) is 0 Å². The number of nitrogens with one attached hydrogen (secondary N) is 1. The lowest BCUT2D eigenvalue weighted by atomic mass is 10.3. The van der Waals surface area contributed by atoms with E-state index < -0.39 is 18.1 Å². The maximum absolute atomic E-state index is 12.0. The first-order valence-corrected chi connectivity index (χ1v) is 5.14. The van der Waals surface area contributed by atoms with Gasteiger partial charge in [0.25, 0.3) is 0 Å². The Labute approximate surface area is 101 Å². The van der Waals surface area contributed by atoms with Crippen LogP contribution in [0.15, 0.2) is 0 Å². The fourth-order valence-corrected chi connectivity index (χ4v) is 0.925. The van der Waals surface area contributed by atoms with Gasteiger partial charge in [-0.1, -0.05) is 0 Å². The summed E-state index contributed by atoms with van der Waals surface area (Å²) in [5.41, 5.74) is 0. The number of methoxy groups -OCH3 is 1. The van der Waals surface area contributed by atoms with E-state index in [1.807, 2.05) is 13.8 Å². The molecule has 0 bridgehead atoms. The molecule has 0 atom stereocenters. The number of rotatable bonds is 1. The molecule has 98 valence electrons. The van der Waals surface area contributed by atoms with Gasteiger partial charge in [-0.25, -0.2) is 9.59 Å². The summed E-state index contributed by atoms with van der Waals surface area (Å²) in [6.07, 6.45) is 0. The Balaban J connectivity index is 5.13. The van der Waals surface area contributed by atoms with Crippen molar-refractivity contribution >= 4 is 18.1 Å². The fourth-order valence-electron chi connectivity index (χ4n) is 0.925. The third kappa shape index (κ3) is 3.61. The van der Waals surface area contributed by atoms with Crippen LogP contribution >= 0.6 is 0 Å². The van der Waals surface area contributed by atoms with E-state index in [1.54, 1.807) is 7.05 Å². The van der Waals surface area contributed by atoms with Crippen LogP contribution in [0.3, 0.4) is 0 Å². The van der Waals surface area contributed by atoms with Gasteiger partial charge in [0.15, 0.2) is 0 Å². The van der Waals surface area contributed by atoms with Crippen molar-refractivity contribution in [2.75, 3.05) is 28.3 Å². The zero-order chi connectivity index (χ0) is 13.7. The van der Waals surface area contributed by atoms with Gasteiger partial charge >= 0.3 is 18.1 Å². The fraction of sp³-hybridized carbons (Fsp3) is 0.700. The van der Waals surface area contributed by atoms with Crippen molar-refractivity contribution < 1.29 is 14.3 Å². The summed E-state index contributed by atoms with van der Waals surface area (Å²) in [5, 5.41) is 7.49. The Kier molecular flexibility index (Phi) is 5.43. The molecule has 0 heterocycles. The number of amides is 4. The van der Waals surface area contributed by atoms with Crippen LogP contribution in [0, 0.1) is 5.41 Å². The molecule has 0 spiro atoms. The zero-order valence-corrected chi connectivity index (χ0v) is 11.1. The van der Waals surface area contributed by atoms with E-state index in [2.05, 4.69) is 4.74 Å². The van der Waals surface area contributed by atoms with Gasteiger partial charge in [-0.15, -0.1) is 0 Å². The average Bonchev–Trinajstić information content (AvgIpc) is 2.27. The summed E-state index contributed by atoms with van der Waals surface area (Å²) in [5.74, 6) is 0. The number of hydrogen-bond acceptors (Lipinski definition) is 4. The summed E-state index contributed by atoms with van der Waals surface area (Å²) in [7, 11) is 5.80. The molecule has 0 aliphatic rings. The summed E-state index contributed by atoms with van der Waals surface area (Å²) >= 11 is 0. The molecule has 7 nitrogen and oxygen atoms in total. The molecule has 4 amide bonds. The van der Waals surface area contributed by atoms with Crippen molar-refractivity contribution in [2.45, 2.75) is 19.9 Å². The van der Waals surface area contributed by atoms with Gasteiger partial charge in [-0.2, -0.15) is 4.90 Å². The lowest BCUT2D eigenvalue weighted by molar-refractivity contribution is 0.152. The van der Waals surface area contributed by atoms with Gasteiger partial charge in [0.1, 0.15) is 0 Å². The standard InChI is InChI=1S/C10H20N4O3/c1-7(2)13(5)10(16)14(8(11)17-6)9(15)12(3)4/h7,11H,1-6H3. The molecule has 0 radical (unpaired) electrons. The van der Waals surface area contributed by atoms with Crippen molar-refractivity contribution in [3.8, 4) is 0 Å². The minimum atomic E-state index is -0.616. The molecule has 0 fully saturated rings. The summed E-state index contributed by atoms with van der Waals surface area (Å²) in [6.45, 7) is 3.62. The van der Waals surface area contributed by atoms with Crippen LogP contribution in [0.1, 0.15) is 13.8 Å². The lowest BCUT2D eigenvalue weighted by Crippen LogP contribution is -2.53. The molecule has 7 heteroatoms. The minimum absolute atomic E-state index is 0.0791. The molecular weight excluding hydrogens is 224 g/mol. The minimum Gasteiger partial charge on any atom is -0.468 e. The molecule has 0 saturated heterocycles. The Morgan fingerprint density at radius 1 is 1.12 bits per heavy atom. The number of urea groups is 2. The van der Waals surface area contributed by atoms with E-state index >= 15 is 0 Å². The summed E-state index contributed by atoms with van der Waals surface area (Å²) in [6, 6.07) is -1.79. The number of hydrogen-bond donors (Lipinski definition) is 1. The Morgan fingerprint density at radius 3 is 1.88 bits per heavy atom. The van der Waals surface area contributed by atoms with Gasteiger partial charge in [0, 0.05) is 27.2 Å². The van der Waals surface area contributed by atoms with Crippen LogP contribution in [0.4, 0.5) is 9.59 Å². The van der Waals surface area contributed by atoms with Crippen molar-refractivity contribution in [1.29, 1.82) is 5.41 Å². The zero-order valence-electron chi connectivity index (χ0n) is 11.1. The Morgan fingerprint density at radius 2 is 1.59 bits per heavy atom. The molecule has 0 unspecified atom stereocenters. The van der Waals surface area contributed by atoms with Crippen molar-refractivity contribution in [1.82, 2.24) is 14.7 Å². The number of carbonyl (C=O) groups excluding carboxylic acids is 2. The predicted octanol–water partition coefficient (Wildman–Crippen LogP) is 1.01. The Bertz CT molecular complexity index is 315. The van der Waals surface area contributed by atoms with Gasteiger partial charge in [0.2, 0.25) is 0 Å². The number of amidine groups is 1. The molecular formula is C10H20N4O3. The maximum Gasteiger partial charge on any atom is 0.336 e. The van der Waals surface area contributed by atoms with Crippen LogP contribution in [0.2, 0.25) is 0 Å². The first kappa shape index (κ1) is 15.2. The van der Waals surface area contributed by atoms with Gasteiger partial charge in [-0.3, -0.25) is 5.41 Å². The van der Waals surface area contributed by atoms with Gasteiger partial charge in [-0.05, 0) is 13.8 Å². The highest BCUT2D eigenvalue weighted by Gasteiger charge is 2.31. The van der Waals surface area contributed by atoms with Crippen molar-refractivity contribution in [2.24, 2.45) is 0 Å². The topological polar surface area (TPSA) is 76.9 Å². The van der Waals surface area contributed by atoms with Gasteiger partial charge in [0.05, 0.1) is 7.11 Å². The normalized spacial score (nSPS) is 9.82. The second kappa shape index (κ2) is 6.07. The number of carbonyl (C=O) groups is 2. The number of nitrogens with zero attached hydrogens (tertiary/aromatic N) is 3. The third-order valence-corrected chi connectivity index (χ3v) is 2.24. The molecule has 0 rings (SSSR count). The SMILES string of the molecule is COC(=N)N(C(=O)N(C)C)C(=O)N(C)C(C)C. The van der Waals surface area contributed by atoms with E-state index in [1.165, 1.54) is 31.0 Å². The lowest BCUT2D eigenvalue weighted by Gasteiger charge is -2.29. The molecule has 0 aliphatic carbocycles. The van der Waals surface area contributed by atoms with Crippen LogP contribution < -0.4 is 0 Å². The van der Waals surface area contributed by atoms with Crippen LogP contribution in [-0.4, -0.2) is 67.1 Å². The van der Waals surface area contributed by atoms with E-state index in [-0.39, 0.29) is 6.04 Å². The van der Waals surface area contributed by atoms with E-state index in [0.29, 0.717) is 4.90 Å². The van der Waals surface area contributed by atoms with Crippen molar-refractivity contribution in [3.63, 3.8) is 0 Å². The highest BCUT2D eigenvalue weighted by atomic mass is 16.5. The highest BCUT2D eigenvalue weighted by Crippen LogP contribution is 2.05. The first-order chi connectivity index (χ1) is 7.73. The predicted molar refractivity (Wildman–Crippen MR) is 64.0 cm³/mol. The second-order valence-electron chi connectivity index (χ2n) is 4.01. The molecule has 0 saturated carbocycles. The smallest absolute Gasteiger partial charge is 0.336 e. The highest BCUT2D eigenvalue weighted by molar-refractivity contribution is 6.07. The molecule has 0 aromatic carbocycles. The van der Waals surface area contributed by atoms with Crippen LogP contribution in [-0.2, 0) is 4.74 Å². The first-order valence-electron chi connectivity index (χ1n) is 5.14. The van der Waals surface area contributed by atoms with E-state index in [4.69, 9.17) is 5.41 Å².